The Morgan fingerprint density at radius 1 is 0.971 bits per heavy atom. The van der Waals surface area contributed by atoms with E-state index in [2.05, 4.69) is 40.9 Å². The van der Waals surface area contributed by atoms with Crippen LogP contribution in [0.1, 0.15) is 48.7 Å². The molecule has 0 atom stereocenters. The maximum Gasteiger partial charge on any atom is 0.255 e. The van der Waals surface area contributed by atoms with E-state index in [4.69, 9.17) is 0 Å². The number of nitrogens with zero attached hydrogens (tertiary/aromatic N) is 3. The second-order valence-corrected chi connectivity index (χ2v) is 9.89. The lowest BCUT2D eigenvalue weighted by molar-refractivity contribution is 0.102. The summed E-state index contributed by atoms with van der Waals surface area (Å²) in [6, 6.07) is 18.6. The number of nitrogens with one attached hydrogen (secondary N) is 1. The third-order valence-corrected chi connectivity index (χ3v) is 6.28. The van der Waals surface area contributed by atoms with Crippen LogP contribution >= 0.6 is 0 Å². The van der Waals surface area contributed by atoms with Crippen molar-refractivity contribution < 1.29 is 9.18 Å². The highest BCUT2D eigenvalue weighted by Gasteiger charge is 2.18. The van der Waals surface area contributed by atoms with Crippen molar-refractivity contribution >= 4 is 17.4 Å². The van der Waals surface area contributed by atoms with Gasteiger partial charge in [-0.05, 0) is 47.7 Å². The molecule has 1 aliphatic rings. The molecule has 0 bridgehead atoms. The van der Waals surface area contributed by atoms with Crippen LogP contribution in [-0.2, 0) is 12.0 Å². The molecule has 0 radical (unpaired) electrons. The van der Waals surface area contributed by atoms with Crippen LogP contribution in [0.5, 0.6) is 0 Å². The molecule has 1 aromatic heterocycles. The van der Waals surface area contributed by atoms with Gasteiger partial charge in [0.05, 0.1) is 11.9 Å². The number of hydrogen-bond acceptors (Lipinski definition) is 4. The standard InChI is InChI=1S/C28H33FN4O/c1-28(2,3)23-11-9-21(10-12-23)27(34)31-24-13-14-26(30-19-24)33-16-6-15-32(17-18-33)20-22-7-4-5-8-25(22)29/h4-5,7-14,19H,6,15-18,20H2,1-3H3,(H,31,34). The van der Waals surface area contributed by atoms with Crippen LogP contribution in [0, 0.1) is 5.82 Å². The normalized spacial score (nSPS) is 15.1. The van der Waals surface area contributed by atoms with Crippen molar-refractivity contribution in [1.29, 1.82) is 0 Å². The summed E-state index contributed by atoms with van der Waals surface area (Å²) >= 11 is 0. The van der Waals surface area contributed by atoms with Gasteiger partial charge in [0.15, 0.2) is 0 Å². The first-order valence-corrected chi connectivity index (χ1v) is 11.9. The highest BCUT2D eigenvalue weighted by Crippen LogP contribution is 2.23. The van der Waals surface area contributed by atoms with Crippen LogP contribution in [0.2, 0.25) is 0 Å². The van der Waals surface area contributed by atoms with Crippen LogP contribution in [0.25, 0.3) is 0 Å². The van der Waals surface area contributed by atoms with E-state index in [-0.39, 0.29) is 17.1 Å². The molecule has 34 heavy (non-hydrogen) atoms. The summed E-state index contributed by atoms with van der Waals surface area (Å²) in [5, 5.41) is 2.93. The predicted molar refractivity (Wildman–Crippen MR) is 136 cm³/mol. The summed E-state index contributed by atoms with van der Waals surface area (Å²) in [6.45, 7) is 10.6. The smallest absolute Gasteiger partial charge is 0.255 e. The van der Waals surface area contributed by atoms with E-state index in [1.807, 2.05) is 48.5 Å². The second kappa shape index (κ2) is 10.3. The molecule has 0 unspecified atom stereocenters. The summed E-state index contributed by atoms with van der Waals surface area (Å²) in [6.07, 6.45) is 2.69. The fraction of sp³-hybridized carbons (Fsp3) is 0.357. The number of amides is 1. The molecule has 5 nitrogen and oxygen atoms in total. The molecule has 1 saturated heterocycles. The zero-order chi connectivity index (χ0) is 24.1. The molecule has 1 aliphatic heterocycles. The van der Waals surface area contributed by atoms with Crippen LogP contribution < -0.4 is 10.2 Å². The summed E-state index contributed by atoms with van der Waals surface area (Å²) in [5.74, 6) is 0.599. The van der Waals surface area contributed by atoms with Gasteiger partial charge >= 0.3 is 0 Å². The quantitative estimate of drug-likeness (QED) is 0.548. The van der Waals surface area contributed by atoms with Gasteiger partial charge in [-0.25, -0.2) is 9.37 Å². The van der Waals surface area contributed by atoms with Gasteiger partial charge in [0, 0.05) is 43.9 Å². The minimum absolute atomic E-state index is 0.0524. The van der Waals surface area contributed by atoms with Gasteiger partial charge in [-0.1, -0.05) is 51.1 Å². The molecule has 6 heteroatoms. The van der Waals surface area contributed by atoms with Crippen molar-refractivity contribution in [3.63, 3.8) is 0 Å². The van der Waals surface area contributed by atoms with Crippen LogP contribution in [0.15, 0.2) is 66.9 Å². The second-order valence-electron chi connectivity index (χ2n) is 9.89. The Bertz CT molecular complexity index is 1110. The fourth-order valence-corrected chi connectivity index (χ4v) is 4.20. The van der Waals surface area contributed by atoms with Crippen LogP contribution in [-0.4, -0.2) is 42.0 Å². The number of rotatable bonds is 5. The first kappa shape index (κ1) is 23.9. The molecule has 0 saturated carbocycles. The average molecular weight is 461 g/mol. The van der Waals surface area contributed by atoms with Crippen LogP contribution in [0.3, 0.4) is 0 Å². The third-order valence-electron chi connectivity index (χ3n) is 6.28. The number of carbonyl (C=O) groups excluding carboxylic acids is 1. The molecule has 0 spiro atoms. The SMILES string of the molecule is CC(C)(C)c1ccc(C(=O)Nc2ccc(N3CCCN(Cc4ccccc4F)CC3)nc2)cc1. The zero-order valence-electron chi connectivity index (χ0n) is 20.2. The van der Waals surface area contributed by atoms with Crippen molar-refractivity contribution in [3.8, 4) is 0 Å². The Morgan fingerprint density at radius 2 is 1.74 bits per heavy atom. The van der Waals surface area contributed by atoms with E-state index >= 15 is 0 Å². The van der Waals surface area contributed by atoms with Gasteiger partial charge < -0.3 is 10.2 Å². The first-order chi connectivity index (χ1) is 16.3. The third kappa shape index (κ3) is 6.00. The Hall–Kier alpha value is -3.25. The van der Waals surface area contributed by atoms with Crippen molar-refractivity contribution in [1.82, 2.24) is 9.88 Å². The van der Waals surface area contributed by atoms with Gasteiger partial charge in [-0.3, -0.25) is 9.69 Å². The molecule has 2 aromatic carbocycles. The maximum atomic E-state index is 14.0. The zero-order valence-corrected chi connectivity index (χ0v) is 20.2. The molecule has 178 valence electrons. The van der Waals surface area contributed by atoms with E-state index in [1.165, 1.54) is 11.6 Å². The average Bonchev–Trinajstić information content (AvgIpc) is 3.06. The Balaban J connectivity index is 1.33. The van der Waals surface area contributed by atoms with Gasteiger partial charge in [0.2, 0.25) is 0 Å². The largest absolute Gasteiger partial charge is 0.355 e. The number of anilines is 2. The topological polar surface area (TPSA) is 48.5 Å². The number of pyridine rings is 1. The molecule has 3 aromatic rings. The number of benzene rings is 2. The van der Waals surface area contributed by atoms with Gasteiger partial charge in [-0.2, -0.15) is 0 Å². The van der Waals surface area contributed by atoms with Crippen molar-refractivity contribution in [3.05, 3.63) is 89.4 Å². The molecule has 4 rings (SSSR count). The van der Waals surface area contributed by atoms with E-state index in [9.17, 15) is 9.18 Å². The molecular formula is C28H33FN4O. The van der Waals surface area contributed by atoms with Gasteiger partial charge in [0.1, 0.15) is 11.6 Å². The highest BCUT2D eigenvalue weighted by molar-refractivity contribution is 6.04. The van der Waals surface area contributed by atoms with Gasteiger partial charge in [0.25, 0.3) is 5.91 Å². The number of carbonyl (C=O) groups is 1. The fourth-order valence-electron chi connectivity index (χ4n) is 4.20. The monoisotopic (exact) mass is 460 g/mol. The summed E-state index contributed by atoms with van der Waals surface area (Å²) < 4.78 is 14.0. The first-order valence-electron chi connectivity index (χ1n) is 11.9. The summed E-state index contributed by atoms with van der Waals surface area (Å²) in [5.41, 5.74) is 3.28. The molecular weight excluding hydrogens is 427 g/mol. The van der Waals surface area contributed by atoms with Gasteiger partial charge in [-0.15, -0.1) is 0 Å². The van der Waals surface area contributed by atoms with E-state index in [0.717, 1.165) is 44.0 Å². The molecule has 1 N–H and O–H groups in total. The Labute approximate surface area is 201 Å². The Kier molecular flexibility index (Phi) is 7.27. The maximum absolute atomic E-state index is 14.0. The number of hydrogen-bond donors (Lipinski definition) is 1. The molecule has 0 aliphatic carbocycles. The lowest BCUT2D eigenvalue weighted by Gasteiger charge is -2.23. The summed E-state index contributed by atoms with van der Waals surface area (Å²) in [4.78, 5) is 21.8. The lowest BCUT2D eigenvalue weighted by Crippen LogP contribution is -2.31. The number of halogens is 1. The minimum atomic E-state index is -0.145. The highest BCUT2D eigenvalue weighted by atomic mass is 19.1. The molecule has 1 amide bonds. The molecule has 2 heterocycles. The van der Waals surface area contributed by atoms with E-state index in [1.54, 1.807) is 12.3 Å². The van der Waals surface area contributed by atoms with Crippen LogP contribution in [0.4, 0.5) is 15.9 Å². The number of aromatic nitrogens is 1. The van der Waals surface area contributed by atoms with Crippen molar-refractivity contribution in [2.24, 2.45) is 0 Å². The van der Waals surface area contributed by atoms with E-state index < -0.39 is 0 Å². The van der Waals surface area contributed by atoms with Crippen molar-refractivity contribution in [2.45, 2.75) is 39.2 Å². The lowest BCUT2D eigenvalue weighted by atomic mass is 9.87. The Morgan fingerprint density at radius 3 is 2.41 bits per heavy atom. The molecule has 1 fully saturated rings. The minimum Gasteiger partial charge on any atom is -0.355 e. The predicted octanol–water partition coefficient (Wildman–Crippen LogP) is 5.48. The van der Waals surface area contributed by atoms with E-state index in [0.29, 0.717) is 17.8 Å². The summed E-state index contributed by atoms with van der Waals surface area (Å²) in [7, 11) is 0. The van der Waals surface area contributed by atoms with Crippen molar-refractivity contribution in [2.75, 3.05) is 36.4 Å².